The van der Waals surface area contributed by atoms with Crippen LogP contribution in [0.15, 0.2) is 24.3 Å². The van der Waals surface area contributed by atoms with Gasteiger partial charge in [-0.3, -0.25) is 0 Å². The van der Waals surface area contributed by atoms with Crippen molar-refractivity contribution in [3.8, 4) is 11.3 Å². The van der Waals surface area contributed by atoms with E-state index in [1.165, 1.54) is 18.2 Å². The van der Waals surface area contributed by atoms with Gasteiger partial charge < -0.3 is 10.2 Å². The molecule has 6 rings (SSSR count). The Morgan fingerprint density at radius 1 is 1.16 bits per heavy atom. The zero-order chi connectivity index (χ0) is 22.5. The number of carbonyl (C=O) groups excluding carboxylic acids is 1. The first-order valence-electron chi connectivity index (χ1n) is 11.8. The summed E-state index contributed by atoms with van der Waals surface area (Å²) in [6.45, 7) is 5.44. The molecule has 1 aromatic heterocycles. The molecule has 3 aliphatic carbocycles. The maximum absolute atomic E-state index is 14.4. The highest BCUT2D eigenvalue weighted by Gasteiger charge is 2.52. The van der Waals surface area contributed by atoms with Gasteiger partial charge in [0.1, 0.15) is 11.6 Å². The minimum atomic E-state index is -0.617. The highest BCUT2D eigenvalue weighted by atomic mass is 19.1. The number of aromatic nitrogens is 2. The average Bonchev–Trinajstić information content (AvgIpc) is 2.79. The number of hydrogen-bond acceptors (Lipinski definition) is 3. The first-order chi connectivity index (χ1) is 15.4. The van der Waals surface area contributed by atoms with Gasteiger partial charge in [-0.1, -0.05) is 6.07 Å². The lowest BCUT2D eigenvalue weighted by molar-refractivity contribution is 0.0804. The van der Waals surface area contributed by atoms with Crippen molar-refractivity contribution in [3.05, 3.63) is 47.2 Å². The van der Waals surface area contributed by atoms with Gasteiger partial charge in [-0.2, -0.15) is 10.2 Å². The SMILES string of the molecule is CC(C)NC(=O)N1CCC[C@H](C23CCC(CC2)c2cc(-c4c(F)cccc4F)nnc23)C1. The number of piperidine rings is 1. The molecule has 1 aromatic carbocycles. The van der Waals surface area contributed by atoms with Crippen molar-refractivity contribution < 1.29 is 13.6 Å². The zero-order valence-electron chi connectivity index (χ0n) is 18.7. The number of nitrogens with zero attached hydrogens (tertiary/aromatic N) is 3. The molecule has 0 radical (unpaired) electrons. The van der Waals surface area contributed by atoms with Crippen molar-refractivity contribution in [3.63, 3.8) is 0 Å². The number of rotatable bonds is 3. The number of likely N-dealkylation sites (tertiary alicyclic amines) is 1. The van der Waals surface area contributed by atoms with Gasteiger partial charge in [0.15, 0.2) is 0 Å². The first-order valence-corrected chi connectivity index (χ1v) is 11.8. The quantitative estimate of drug-likeness (QED) is 0.717. The number of halogens is 2. The van der Waals surface area contributed by atoms with E-state index in [0.717, 1.165) is 56.3 Å². The van der Waals surface area contributed by atoms with E-state index in [1.807, 2.05) is 24.8 Å². The summed E-state index contributed by atoms with van der Waals surface area (Å²) >= 11 is 0. The number of urea groups is 1. The van der Waals surface area contributed by atoms with E-state index < -0.39 is 11.6 Å². The molecule has 2 bridgehead atoms. The molecular formula is C25H30F2N4O. The van der Waals surface area contributed by atoms with E-state index in [-0.39, 0.29) is 28.7 Å². The summed E-state index contributed by atoms with van der Waals surface area (Å²) in [6.07, 6.45) is 6.21. The molecule has 32 heavy (non-hydrogen) atoms. The Labute approximate surface area is 187 Å². The Bertz CT molecular complexity index is 1010. The number of hydrogen-bond donors (Lipinski definition) is 1. The second kappa shape index (κ2) is 8.09. The molecule has 2 fully saturated rings. The third-order valence-corrected chi connectivity index (χ3v) is 7.73. The third-order valence-electron chi connectivity index (χ3n) is 7.73. The van der Waals surface area contributed by atoms with Crippen LogP contribution in [0, 0.1) is 17.6 Å². The Balaban J connectivity index is 1.49. The maximum atomic E-state index is 14.4. The van der Waals surface area contributed by atoms with Crippen LogP contribution in [0.1, 0.15) is 69.5 Å². The lowest BCUT2D eigenvalue weighted by atomic mass is 9.54. The number of fused-ring (bicyclic) bond motifs is 2. The summed E-state index contributed by atoms with van der Waals surface area (Å²) < 4.78 is 28.8. The lowest BCUT2D eigenvalue weighted by Crippen LogP contribution is -2.54. The van der Waals surface area contributed by atoms with Crippen LogP contribution in [-0.2, 0) is 5.41 Å². The largest absolute Gasteiger partial charge is 0.336 e. The molecule has 2 aromatic rings. The fourth-order valence-electron chi connectivity index (χ4n) is 6.20. The zero-order valence-corrected chi connectivity index (χ0v) is 18.7. The molecular weight excluding hydrogens is 410 g/mol. The standard InChI is InChI=1S/C25H30F2N4O/c1-15(2)28-24(32)31-12-4-5-17(14-31)25-10-8-16(9-11-25)18-13-21(29-30-23(18)25)22-19(26)6-3-7-20(22)27/h3,6-7,13,15-17H,4-5,8-12,14H2,1-2H3,(H,28,32)/t16?,17-,25?/m0/s1. The molecule has 0 unspecified atom stereocenters. The van der Waals surface area contributed by atoms with E-state index in [2.05, 4.69) is 15.5 Å². The molecule has 1 atom stereocenters. The van der Waals surface area contributed by atoms with Crippen LogP contribution in [0.3, 0.4) is 0 Å². The lowest BCUT2D eigenvalue weighted by Gasteiger charge is -2.53. The van der Waals surface area contributed by atoms with Crippen molar-refractivity contribution in [2.75, 3.05) is 13.1 Å². The molecule has 2 amide bonds. The molecule has 0 spiro atoms. The van der Waals surface area contributed by atoms with E-state index in [1.54, 1.807) is 0 Å². The smallest absolute Gasteiger partial charge is 0.317 e. The molecule has 170 valence electrons. The summed E-state index contributed by atoms with van der Waals surface area (Å²) in [5, 5.41) is 12.0. The van der Waals surface area contributed by atoms with Gasteiger partial charge in [-0.05, 0) is 88.0 Å². The van der Waals surface area contributed by atoms with Crippen molar-refractivity contribution >= 4 is 6.03 Å². The van der Waals surface area contributed by atoms with Gasteiger partial charge in [0.25, 0.3) is 0 Å². The van der Waals surface area contributed by atoms with Gasteiger partial charge >= 0.3 is 6.03 Å². The molecule has 2 heterocycles. The van der Waals surface area contributed by atoms with E-state index in [9.17, 15) is 13.6 Å². The highest BCUT2D eigenvalue weighted by Crippen LogP contribution is 2.57. The Hall–Kier alpha value is -2.57. The summed E-state index contributed by atoms with van der Waals surface area (Å²) in [7, 11) is 0. The number of amides is 2. The summed E-state index contributed by atoms with van der Waals surface area (Å²) in [5.74, 6) is -0.553. The Morgan fingerprint density at radius 2 is 1.88 bits per heavy atom. The molecule has 1 saturated carbocycles. The molecule has 1 N–H and O–H groups in total. The minimum Gasteiger partial charge on any atom is -0.336 e. The third kappa shape index (κ3) is 3.46. The summed E-state index contributed by atoms with van der Waals surface area (Å²) in [4.78, 5) is 14.6. The van der Waals surface area contributed by atoms with Crippen LogP contribution >= 0.6 is 0 Å². The van der Waals surface area contributed by atoms with Crippen LogP contribution in [0.4, 0.5) is 13.6 Å². The van der Waals surface area contributed by atoms with Gasteiger partial charge in [0.05, 0.1) is 17.0 Å². The fraction of sp³-hybridized carbons (Fsp3) is 0.560. The van der Waals surface area contributed by atoms with Crippen LogP contribution in [0.25, 0.3) is 11.3 Å². The van der Waals surface area contributed by atoms with E-state index in [4.69, 9.17) is 0 Å². The second-order valence-corrected chi connectivity index (χ2v) is 9.95. The molecule has 1 saturated heterocycles. The monoisotopic (exact) mass is 440 g/mol. The summed E-state index contributed by atoms with van der Waals surface area (Å²) in [5.41, 5.74) is 2.15. The summed E-state index contributed by atoms with van der Waals surface area (Å²) in [6, 6.07) is 5.85. The van der Waals surface area contributed by atoms with E-state index >= 15 is 0 Å². The first kappa shape index (κ1) is 21.3. The van der Waals surface area contributed by atoms with Gasteiger partial charge in [0, 0.05) is 24.5 Å². The predicted octanol–water partition coefficient (Wildman–Crippen LogP) is 5.16. The van der Waals surface area contributed by atoms with Crippen molar-refractivity contribution in [1.82, 2.24) is 20.4 Å². The fourth-order valence-corrected chi connectivity index (χ4v) is 6.20. The van der Waals surface area contributed by atoms with Gasteiger partial charge in [-0.15, -0.1) is 0 Å². The average molecular weight is 441 g/mol. The van der Waals surface area contributed by atoms with E-state index in [0.29, 0.717) is 18.4 Å². The maximum Gasteiger partial charge on any atom is 0.317 e. The number of carbonyl (C=O) groups is 1. The van der Waals surface area contributed by atoms with Crippen LogP contribution in [-0.4, -0.2) is 40.3 Å². The van der Waals surface area contributed by atoms with Crippen LogP contribution < -0.4 is 5.32 Å². The minimum absolute atomic E-state index is 0.00211. The number of benzene rings is 1. The van der Waals surface area contributed by atoms with Crippen molar-refractivity contribution in [1.29, 1.82) is 0 Å². The Kier molecular flexibility index (Phi) is 5.38. The van der Waals surface area contributed by atoms with Crippen LogP contribution in [0.2, 0.25) is 0 Å². The van der Waals surface area contributed by atoms with Crippen molar-refractivity contribution in [2.45, 2.75) is 69.7 Å². The van der Waals surface area contributed by atoms with Crippen molar-refractivity contribution in [2.24, 2.45) is 5.92 Å². The van der Waals surface area contributed by atoms with Gasteiger partial charge in [0.2, 0.25) is 0 Å². The van der Waals surface area contributed by atoms with Crippen LogP contribution in [0.5, 0.6) is 0 Å². The highest BCUT2D eigenvalue weighted by molar-refractivity contribution is 5.74. The molecule has 1 aliphatic heterocycles. The molecule has 7 heteroatoms. The Morgan fingerprint density at radius 3 is 2.56 bits per heavy atom. The molecule has 5 nitrogen and oxygen atoms in total. The normalized spacial score (nSPS) is 26.8. The number of nitrogens with one attached hydrogen (secondary N) is 1. The van der Waals surface area contributed by atoms with Gasteiger partial charge in [-0.25, -0.2) is 13.6 Å². The molecule has 4 aliphatic rings. The second-order valence-electron chi connectivity index (χ2n) is 9.95. The topological polar surface area (TPSA) is 58.1 Å². The predicted molar refractivity (Wildman–Crippen MR) is 118 cm³/mol.